The number of ether oxygens (including phenoxy) is 1. The molecule has 0 saturated carbocycles. The molecule has 0 aliphatic rings. The predicted octanol–water partition coefficient (Wildman–Crippen LogP) is 0.820. The molecule has 0 fully saturated rings. The standard InChI is InChI=1S/C13H18N2O4.C2H6/c14-12(17)6-9(8-16)11(7-13(15)18)19-10-4-2-1-3-5-10;1-2/h1-5,9,11,16H,6-8H2,(H2,14,17)(H2,15,18);1-2H3/t9-,11+;/m0./s1. The number of hydrogen-bond donors (Lipinski definition) is 3. The second-order valence-corrected chi connectivity index (χ2v) is 4.25. The molecule has 0 aliphatic carbocycles. The highest BCUT2D eigenvalue weighted by molar-refractivity contribution is 5.75. The van der Waals surface area contributed by atoms with E-state index in [1.165, 1.54) is 0 Å². The lowest BCUT2D eigenvalue weighted by Crippen LogP contribution is -2.36. The molecule has 0 aromatic heterocycles. The second-order valence-electron chi connectivity index (χ2n) is 4.25. The summed E-state index contributed by atoms with van der Waals surface area (Å²) in [6, 6.07) is 8.81. The molecule has 0 bridgehead atoms. The number of carbonyl (C=O) groups is 2. The number of hydrogen-bond acceptors (Lipinski definition) is 4. The summed E-state index contributed by atoms with van der Waals surface area (Å²) in [5.74, 6) is -1.16. The monoisotopic (exact) mass is 296 g/mol. The molecule has 2 amide bonds. The van der Waals surface area contributed by atoms with E-state index in [0.29, 0.717) is 5.75 Å². The van der Waals surface area contributed by atoms with Crippen molar-refractivity contribution in [3.8, 4) is 5.75 Å². The van der Waals surface area contributed by atoms with Gasteiger partial charge in [-0.25, -0.2) is 0 Å². The molecular weight excluding hydrogens is 272 g/mol. The van der Waals surface area contributed by atoms with Gasteiger partial charge in [-0.15, -0.1) is 0 Å². The molecule has 6 nitrogen and oxygen atoms in total. The van der Waals surface area contributed by atoms with Crippen LogP contribution >= 0.6 is 0 Å². The van der Waals surface area contributed by atoms with E-state index in [9.17, 15) is 14.7 Å². The fourth-order valence-electron chi connectivity index (χ4n) is 1.75. The van der Waals surface area contributed by atoms with Crippen LogP contribution < -0.4 is 16.2 Å². The third-order valence-corrected chi connectivity index (χ3v) is 2.66. The van der Waals surface area contributed by atoms with Gasteiger partial charge in [0.25, 0.3) is 0 Å². The predicted molar refractivity (Wildman–Crippen MR) is 80.4 cm³/mol. The van der Waals surface area contributed by atoms with Gasteiger partial charge in [0.2, 0.25) is 11.8 Å². The molecular formula is C15H24N2O4. The highest BCUT2D eigenvalue weighted by Gasteiger charge is 2.26. The first-order chi connectivity index (χ1) is 10.0. The number of rotatable bonds is 8. The third kappa shape index (κ3) is 7.94. The average Bonchev–Trinajstić information content (AvgIpc) is 2.46. The molecule has 0 radical (unpaired) electrons. The van der Waals surface area contributed by atoms with E-state index in [2.05, 4.69) is 0 Å². The Balaban J connectivity index is 0.00000191. The van der Waals surface area contributed by atoms with Crippen molar-refractivity contribution in [1.82, 2.24) is 0 Å². The van der Waals surface area contributed by atoms with E-state index in [1.807, 2.05) is 19.9 Å². The van der Waals surface area contributed by atoms with E-state index < -0.39 is 23.8 Å². The number of benzene rings is 1. The molecule has 21 heavy (non-hydrogen) atoms. The van der Waals surface area contributed by atoms with E-state index in [4.69, 9.17) is 16.2 Å². The first-order valence-corrected chi connectivity index (χ1v) is 6.92. The Morgan fingerprint density at radius 1 is 1.10 bits per heavy atom. The Bertz CT molecular complexity index is 423. The molecule has 5 N–H and O–H groups in total. The van der Waals surface area contributed by atoms with Gasteiger partial charge in [-0.2, -0.15) is 0 Å². The summed E-state index contributed by atoms with van der Waals surface area (Å²) < 4.78 is 5.61. The van der Waals surface area contributed by atoms with Crippen LogP contribution in [0.1, 0.15) is 26.7 Å². The molecule has 1 rings (SSSR count). The molecule has 118 valence electrons. The van der Waals surface area contributed by atoms with E-state index in [0.717, 1.165) is 0 Å². The van der Waals surface area contributed by atoms with Crippen molar-refractivity contribution < 1.29 is 19.4 Å². The van der Waals surface area contributed by atoms with Crippen LogP contribution in [0, 0.1) is 5.92 Å². The maximum atomic E-state index is 11.1. The zero-order valence-electron chi connectivity index (χ0n) is 12.5. The number of primary amides is 2. The minimum Gasteiger partial charge on any atom is -0.490 e. The number of amides is 2. The third-order valence-electron chi connectivity index (χ3n) is 2.66. The lowest BCUT2D eigenvalue weighted by molar-refractivity contribution is -0.123. The molecule has 0 spiro atoms. The summed E-state index contributed by atoms with van der Waals surface area (Å²) in [5, 5.41) is 9.30. The fourth-order valence-corrected chi connectivity index (χ4v) is 1.75. The zero-order chi connectivity index (χ0) is 16.3. The van der Waals surface area contributed by atoms with Crippen LogP contribution in [0.2, 0.25) is 0 Å². The summed E-state index contributed by atoms with van der Waals surface area (Å²) in [5.41, 5.74) is 10.3. The molecule has 0 aliphatic heterocycles. The van der Waals surface area contributed by atoms with Gasteiger partial charge in [-0.1, -0.05) is 32.0 Å². The molecule has 2 atom stereocenters. The molecule has 0 saturated heterocycles. The maximum Gasteiger partial charge on any atom is 0.221 e. The fraction of sp³-hybridized carbons (Fsp3) is 0.467. The minimum atomic E-state index is -0.683. The topological polar surface area (TPSA) is 116 Å². The summed E-state index contributed by atoms with van der Waals surface area (Å²) in [6.07, 6.45) is -0.841. The van der Waals surface area contributed by atoms with Crippen molar-refractivity contribution in [2.75, 3.05) is 6.61 Å². The number of aliphatic hydroxyl groups excluding tert-OH is 1. The number of para-hydroxylation sites is 1. The smallest absolute Gasteiger partial charge is 0.221 e. The molecule has 1 aromatic carbocycles. The SMILES string of the molecule is CC.NC(=O)C[C@@H](CO)[C@@H](CC(N)=O)Oc1ccccc1. The minimum absolute atomic E-state index is 0.0682. The Morgan fingerprint density at radius 2 is 1.62 bits per heavy atom. The lowest BCUT2D eigenvalue weighted by atomic mass is 9.96. The van der Waals surface area contributed by atoms with Crippen LogP contribution in [0.15, 0.2) is 30.3 Å². The van der Waals surface area contributed by atoms with Gasteiger partial charge in [0.05, 0.1) is 6.42 Å². The van der Waals surface area contributed by atoms with E-state index in [1.54, 1.807) is 24.3 Å². The summed E-state index contributed by atoms with van der Waals surface area (Å²) in [4.78, 5) is 22.0. The van der Waals surface area contributed by atoms with Gasteiger partial charge in [-0.05, 0) is 12.1 Å². The van der Waals surface area contributed by atoms with Crippen molar-refractivity contribution in [1.29, 1.82) is 0 Å². The Labute approximate surface area is 125 Å². The van der Waals surface area contributed by atoms with Crippen LogP contribution in [0.5, 0.6) is 5.75 Å². The van der Waals surface area contributed by atoms with Crippen molar-refractivity contribution in [2.24, 2.45) is 17.4 Å². The maximum absolute atomic E-state index is 11.1. The largest absolute Gasteiger partial charge is 0.490 e. The van der Waals surface area contributed by atoms with Crippen LogP contribution in [-0.4, -0.2) is 29.6 Å². The molecule has 0 heterocycles. The quantitative estimate of drug-likeness (QED) is 0.658. The van der Waals surface area contributed by atoms with E-state index >= 15 is 0 Å². The van der Waals surface area contributed by atoms with Crippen molar-refractivity contribution in [3.63, 3.8) is 0 Å². The van der Waals surface area contributed by atoms with Gasteiger partial charge in [0.15, 0.2) is 0 Å². The van der Waals surface area contributed by atoms with Crippen LogP contribution in [0.4, 0.5) is 0 Å². The molecule has 6 heteroatoms. The summed E-state index contributed by atoms with van der Waals surface area (Å²) in [7, 11) is 0. The molecule has 1 aromatic rings. The number of aliphatic hydroxyl groups is 1. The van der Waals surface area contributed by atoms with Crippen LogP contribution in [-0.2, 0) is 9.59 Å². The highest BCUT2D eigenvalue weighted by Crippen LogP contribution is 2.20. The van der Waals surface area contributed by atoms with Gasteiger partial charge in [-0.3, -0.25) is 9.59 Å². The van der Waals surface area contributed by atoms with Crippen molar-refractivity contribution in [3.05, 3.63) is 30.3 Å². The van der Waals surface area contributed by atoms with Gasteiger partial charge < -0.3 is 21.3 Å². The van der Waals surface area contributed by atoms with Gasteiger partial charge in [0, 0.05) is 18.9 Å². The first-order valence-electron chi connectivity index (χ1n) is 6.92. The summed E-state index contributed by atoms with van der Waals surface area (Å²) in [6.45, 7) is 3.69. The number of nitrogens with two attached hydrogens (primary N) is 2. The average molecular weight is 296 g/mol. The van der Waals surface area contributed by atoms with E-state index in [-0.39, 0.29) is 19.4 Å². The Morgan fingerprint density at radius 3 is 2.05 bits per heavy atom. The first kappa shape index (κ1) is 18.9. The van der Waals surface area contributed by atoms with Crippen molar-refractivity contribution >= 4 is 11.8 Å². The number of carbonyl (C=O) groups excluding carboxylic acids is 2. The normalized spacial score (nSPS) is 12.5. The molecule has 0 unspecified atom stereocenters. The van der Waals surface area contributed by atoms with Gasteiger partial charge >= 0.3 is 0 Å². The van der Waals surface area contributed by atoms with Crippen LogP contribution in [0.3, 0.4) is 0 Å². The Kier molecular flexibility index (Phi) is 9.62. The van der Waals surface area contributed by atoms with Gasteiger partial charge in [0.1, 0.15) is 11.9 Å². The second kappa shape index (κ2) is 10.7. The van der Waals surface area contributed by atoms with Crippen LogP contribution in [0.25, 0.3) is 0 Å². The summed E-state index contributed by atoms with van der Waals surface area (Å²) >= 11 is 0. The Hall–Kier alpha value is -2.08. The van der Waals surface area contributed by atoms with Crippen molar-refractivity contribution in [2.45, 2.75) is 32.8 Å². The zero-order valence-corrected chi connectivity index (χ0v) is 12.5. The highest BCUT2D eigenvalue weighted by atomic mass is 16.5. The lowest BCUT2D eigenvalue weighted by Gasteiger charge is -2.24.